The molecule has 2 aliphatic heterocycles. The van der Waals surface area contributed by atoms with E-state index in [-0.39, 0.29) is 30.5 Å². The fourth-order valence-electron chi connectivity index (χ4n) is 5.58. The van der Waals surface area contributed by atoms with Gasteiger partial charge in [0.1, 0.15) is 5.82 Å². The summed E-state index contributed by atoms with van der Waals surface area (Å²) in [7, 11) is 0. The van der Waals surface area contributed by atoms with E-state index in [0.29, 0.717) is 54.4 Å². The minimum Gasteiger partial charge on any atom is -0.395 e. The Morgan fingerprint density at radius 2 is 2.00 bits per heavy atom. The molecule has 210 valence electrons. The molecule has 0 radical (unpaired) electrons. The molecule has 8 nitrogen and oxygen atoms in total. The highest BCUT2D eigenvalue weighted by atomic mass is 19.4. The molecule has 1 fully saturated rings. The molecule has 1 saturated heterocycles. The second kappa shape index (κ2) is 10.6. The first kappa shape index (κ1) is 27.7. The number of hydrogen-bond donors (Lipinski definition) is 2. The van der Waals surface area contributed by atoms with Gasteiger partial charge >= 0.3 is 6.18 Å². The van der Waals surface area contributed by atoms with E-state index in [4.69, 9.17) is 4.74 Å². The maximum absolute atomic E-state index is 13.4. The third-order valence-corrected chi connectivity index (χ3v) is 7.82. The van der Waals surface area contributed by atoms with E-state index in [1.807, 2.05) is 13.0 Å². The van der Waals surface area contributed by atoms with Crippen molar-refractivity contribution in [3.8, 4) is 11.1 Å². The molecule has 0 aliphatic carbocycles. The van der Waals surface area contributed by atoms with Gasteiger partial charge in [0.15, 0.2) is 0 Å². The highest BCUT2D eigenvalue weighted by Crippen LogP contribution is 2.48. The molecule has 2 N–H and O–H groups in total. The SMILES string of the molecule is Cc1ncc(NC(=O)c2cccc(C(F)(F)F)c2)cc1-c1cnc2c(c1)[C@]1(C)CCOCC[C@H]1C(=O)N2CCO. The van der Waals surface area contributed by atoms with Gasteiger partial charge in [-0.2, -0.15) is 13.2 Å². The van der Waals surface area contributed by atoms with Gasteiger partial charge in [0, 0.05) is 52.8 Å². The van der Waals surface area contributed by atoms with Gasteiger partial charge in [-0.25, -0.2) is 4.98 Å². The molecule has 40 heavy (non-hydrogen) atoms. The quantitative estimate of drug-likeness (QED) is 0.472. The zero-order chi connectivity index (χ0) is 28.7. The first-order valence-corrected chi connectivity index (χ1v) is 13.0. The van der Waals surface area contributed by atoms with Crippen molar-refractivity contribution in [1.82, 2.24) is 9.97 Å². The van der Waals surface area contributed by atoms with Crippen molar-refractivity contribution in [2.75, 3.05) is 36.6 Å². The second-order valence-electron chi connectivity index (χ2n) is 10.3. The number of aryl methyl sites for hydroxylation is 1. The predicted octanol–water partition coefficient (Wildman–Crippen LogP) is 4.75. The standard InChI is InChI=1S/C29H29F3N4O4/c1-17-22(14-21(16-33-17)35-26(38)18-4-3-5-20(12-18)29(30,31)32)19-13-24-25(34-15-19)36(8-9-37)27(39)23-6-10-40-11-7-28(23,24)2/h3-5,12-16,23,37H,6-11H2,1-2H3,(H,35,38)/t23-,28+/m0/s1. The van der Waals surface area contributed by atoms with Crippen LogP contribution < -0.4 is 10.2 Å². The van der Waals surface area contributed by atoms with Crippen LogP contribution in [0.25, 0.3) is 11.1 Å². The monoisotopic (exact) mass is 554 g/mol. The van der Waals surface area contributed by atoms with E-state index in [1.54, 1.807) is 19.2 Å². The Morgan fingerprint density at radius 1 is 1.20 bits per heavy atom. The minimum absolute atomic E-state index is 0.0769. The van der Waals surface area contributed by atoms with Crippen molar-refractivity contribution in [1.29, 1.82) is 0 Å². The van der Waals surface area contributed by atoms with Crippen molar-refractivity contribution in [3.05, 3.63) is 71.2 Å². The van der Waals surface area contributed by atoms with Gasteiger partial charge in [-0.1, -0.05) is 13.0 Å². The lowest BCUT2D eigenvalue weighted by atomic mass is 9.66. The Hall–Kier alpha value is -3.83. The van der Waals surface area contributed by atoms with Gasteiger partial charge in [-0.15, -0.1) is 0 Å². The molecule has 1 aromatic carbocycles. The maximum Gasteiger partial charge on any atom is 0.416 e. The molecule has 5 rings (SSSR count). The Bertz CT molecular complexity index is 1460. The summed E-state index contributed by atoms with van der Waals surface area (Å²) in [5.74, 6) is -0.600. The first-order chi connectivity index (χ1) is 19.0. The van der Waals surface area contributed by atoms with Crippen molar-refractivity contribution in [3.63, 3.8) is 0 Å². The number of fused-ring (bicyclic) bond motifs is 3. The number of halogens is 3. The largest absolute Gasteiger partial charge is 0.416 e. The molecule has 0 unspecified atom stereocenters. The number of amides is 2. The number of benzene rings is 1. The predicted molar refractivity (Wildman–Crippen MR) is 142 cm³/mol. The van der Waals surface area contributed by atoms with E-state index in [9.17, 15) is 27.9 Å². The van der Waals surface area contributed by atoms with Crippen LogP contribution in [0.3, 0.4) is 0 Å². The summed E-state index contributed by atoms with van der Waals surface area (Å²) >= 11 is 0. The number of β-amino-alcohol motifs (C(OH)–C–C–N with tert-alkyl or cyclic N) is 1. The van der Waals surface area contributed by atoms with E-state index in [1.165, 1.54) is 23.2 Å². The summed E-state index contributed by atoms with van der Waals surface area (Å²) in [6.45, 7) is 4.74. The van der Waals surface area contributed by atoms with Gasteiger partial charge in [0.05, 0.1) is 36.5 Å². The second-order valence-corrected chi connectivity index (χ2v) is 10.3. The number of anilines is 2. The molecule has 4 heterocycles. The number of carbonyl (C=O) groups excluding carboxylic acids is 2. The van der Waals surface area contributed by atoms with E-state index >= 15 is 0 Å². The Labute approximate surface area is 229 Å². The number of nitrogens with zero attached hydrogens (tertiary/aromatic N) is 3. The summed E-state index contributed by atoms with van der Waals surface area (Å²) in [4.78, 5) is 36.8. The fraction of sp³-hybridized carbons (Fsp3) is 0.379. The number of hydrogen-bond acceptors (Lipinski definition) is 6. The number of aliphatic hydroxyl groups is 1. The van der Waals surface area contributed by atoms with Crippen LogP contribution in [-0.2, 0) is 21.1 Å². The molecular weight excluding hydrogens is 525 g/mol. The molecule has 2 aliphatic rings. The number of pyridine rings is 2. The number of carbonyl (C=O) groups is 2. The van der Waals surface area contributed by atoms with Crippen molar-refractivity contribution >= 4 is 23.3 Å². The molecule has 0 saturated carbocycles. The molecule has 2 atom stereocenters. The molecule has 0 spiro atoms. The van der Waals surface area contributed by atoms with Crippen molar-refractivity contribution in [2.24, 2.45) is 5.92 Å². The minimum atomic E-state index is -4.56. The van der Waals surface area contributed by atoms with Gasteiger partial charge in [-0.3, -0.25) is 19.5 Å². The maximum atomic E-state index is 13.4. The molecule has 3 aromatic rings. The number of ether oxygens (including phenoxy) is 1. The van der Waals surface area contributed by atoms with Crippen molar-refractivity contribution < 1.29 is 32.6 Å². The number of rotatable bonds is 5. The molecular formula is C29H29F3N4O4. The van der Waals surface area contributed by atoms with E-state index in [0.717, 1.165) is 17.7 Å². The van der Waals surface area contributed by atoms with Crippen molar-refractivity contribution in [2.45, 2.75) is 38.3 Å². The average molecular weight is 555 g/mol. The lowest BCUT2D eigenvalue weighted by molar-refractivity contribution is -0.137. The van der Waals surface area contributed by atoms with E-state index in [2.05, 4.69) is 15.3 Å². The topological polar surface area (TPSA) is 105 Å². The third kappa shape index (κ3) is 5.06. The molecule has 2 aromatic heterocycles. The molecule has 2 amide bonds. The highest BCUT2D eigenvalue weighted by molar-refractivity contribution is 6.04. The smallest absolute Gasteiger partial charge is 0.395 e. The van der Waals surface area contributed by atoms with E-state index < -0.39 is 23.1 Å². The molecule has 11 heteroatoms. The van der Waals surface area contributed by atoms with Crippen LogP contribution in [0.1, 0.15) is 46.9 Å². The van der Waals surface area contributed by atoms with Crippen LogP contribution in [0.2, 0.25) is 0 Å². The first-order valence-electron chi connectivity index (χ1n) is 13.0. The van der Waals surface area contributed by atoms with Crippen LogP contribution >= 0.6 is 0 Å². The Kier molecular flexibility index (Phi) is 7.36. The summed E-state index contributed by atoms with van der Waals surface area (Å²) in [5.41, 5.74) is 1.65. The number of alkyl halides is 3. The third-order valence-electron chi connectivity index (χ3n) is 7.82. The normalized spacial score (nSPS) is 20.9. The zero-order valence-corrected chi connectivity index (χ0v) is 22.1. The lowest BCUT2D eigenvalue weighted by Crippen LogP contribution is -2.52. The van der Waals surface area contributed by atoms with Gasteiger partial charge in [0.25, 0.3) is 5.91 Å². The van der Waals surface area contributed by atoms with Crippen LogP contribution in [0.15, 0.2) is 48.8 Å². The lowest BCUT2D eigenvalue weighted by Gasteiger charge is -2.44. The average Bonchev–Trinajstić information content (AvgIpc) is 3.14. The Morgan fingerprint density at radius 3 is 2.75 bits per heavy atom. The van der Waals surface area contributed by atoms with Crippen LogP contribution in [0, 0.1) is 12.8 Å². The number of nitrogens with one attached hydrogen (secondary N) is 1. The Balaban J connectivity index is 1.51. The van der Waals surface area contributed by atoms with Crippen LogP contribution in [-0.4, -0.2) is 53.3 Å². The molecule has 0 bridgehead atoms. The summed E-state index contributed by atoms with van der Waals surface area (Å²) in [6.07, 6.45) is -0.324. The van der Waals surface area contributed by atoms with Gasteiger partial charge in [0.2, 0.25) is 5.91 Å². The number of aromatic nitrogens is 2. The van der Waals surface area contributed by atoms with Crippen LogP contribution in [0.4, 0.5) is 24.7 Å². The van der Waals surface area contributed by atoms with Gasteiger partial charge < -0.3 is 15.2 Å². The number of aliphatic hydroxyl groups excluding tert-OH is 1. The summed E-state index contributed by atoms with van der Waals surface area (Å²) < 4.78 is 45.1. The fourth-order valence-corrected chi connectivity index (χ4v) is 5.58. The highest BCUT2D eigenvalue weighted by Gasteiger charge is 2.49. The zero-order valence-electron chi connectivity index (χ0n) is 22.1. The van der Waals surface area contributed by atoms with Crippen LogP contribution in [0.5, 0.6) is 0 Å². The summed E-state index contributed by atoms with van der Waals surface area (Å²) in [6, 6.07) is 7.89. The summed E-state index contributed by atoms with van der Waals surface area (Å²) in [5, 5.41) is 12.3. The van der Waals surface area contributed by atoms with Gasteiger partial charge in [-0.05, 0) is 50.1 Å².